The molecule has 1 aliphatic rings. The van der Waals surface area contributed by atoms with Crippen molar-refractivity contribution < 1.29 is 22.3 Å². The van der Waals surface area contributed by atoms with E-state index < -0.39 is 17.9 Å². The summed E-state index contributed by atoms with van der Waals surface area (Å²) in [4.78, 5) is 0. The zero-order chi connectivity index (χ0) is 13.2. The Bertz CT molecular complexity index is 415. The zero-order valence-corrected chi connectivity index (χ0v) is 9.56. The summed E-state index contributed by atoms with van der Waals surface area (Å²) in [7, 11) is 0. The molecule has 0 aliphatic heterocycles. The van der Waals surface area contributed by atoms with Gasteiger partial charge in [-0.3, -0.25) is 0 Å². The van der Waals surface area contributed by atoms with Gasteiger partial charge < -0.3 is 10.1 Å². The lowest BCUT2D eigenvalue weighted by Gasteiger charge is -2.26. The molecule has 1 saturated carbocycles. The SMILES string of the molecule is Fc1ccc(CNC2CCC2)cc1OC(F)(F)F. The Morgan fingerprint density at radius 2 is 2.00 bits per heavy atom. The van der Waals surface area contributed by atoms with Crippen LogP contribution in [0.25, 0.3) is 0 Å². The summed E-state index contributed by atoms with van der Waals surface area (Å²) in [6.45, 7) is 0.416. The first-order valence-corrected chi connectivity index (χ1v) is 5.71. The third kappa shape index (κ3) is 3.60. The van der Waals surface area contributed by atoms with E-state index in [2.05, 4.69) is 10.1 Å². The lowest BCUT2D eigenvalue weighted by molar-refractivity contribution is -0.275. The van der Waals surface area contributed by atoms with Crippen molar-refractivity contribution >= 4 is 0 Å². The monoisotopic (exact) mass is 263 g/mol. The fraction of sp³-hybridized carbons (Fsp3) is 0.500. The second kappa shape index (κ2) is 5.14. The van der Waals surface area contributed by atoms with Crippen molar-refractivity contribution in [2.24, 2.45) is 0 Å². The average Bonchev–Trinajstić information content (AvgIpc) is 2.18. The molecule has 0 radical (unpaired) electrons. The molecule has 0 amide bonds. The Labute approximate surface area is 102 Å². The zero-order valence-electron chi connectivity index (χ0n) is 9.56. The molecule has 1 aliphatic carbocycles. The maximum absolute atomic E-state index is 13.1. The lowest BCUT2D eigenvalue weighted by Crippen LogP contribution is -2.34. The molecule has 18 heavy (non-hydrogen) atoms. The second-order valence-electron chi connectivity index (χ2n) is 4.32. The van der Waals surface area contributed by atoms with E-state index in [0.29, 0.717) is 18.2 Å². The first kappa shape index (κ1) is 13.1. The fourth-order valence-electron chi connectivity index (χ4n) is 1.74. The Balaban J connectivity index is 2.00. The van der Waals surface area contributed by atoms with Crippen LogP contribution in [0.4, 0.5) is 17.6 Å². The number of alkyl halides is 3. The third-order valence-corrected chi connectivity index (χ3v) is 2.92. The van der Waals surface area contributed by atoms with E-state index in [1.54, 1.807) is 0 Å². The van der Waals surface area contributed by atoms with Crippen LogP contribution in [-0.4, -0.2) is 12.4 Å². The number of hydrogen-bond acceptors (Lipinski definition) is 2. The van der Waals surface area contributed by atoms with E-state index in [0.717, 1.165) is 25.0 Å². The van der Waals surface area contributed by atoms with Crippen molar-refractivity contribution in [1.82, 2.24) is 5.32 Å². The molecule has 2 rings (SSSR count). The highest BCUT2D eigenvalue weighted by atomic mass is 19.4. The average molecular weight is 263 g/mol. The van der Waals surface area contributed by atoms with Gasteiger partial charge in [0, 0.05) is 12.6 Å². The Morgan fingerprint density at radius 1 is 1.28 bits per heavy atom. The number of benzene rings is 1. The van der Waals surface area contributed by atoms with Crippen molar-refractivity contribution in [2.45, 2.75) is 38.2 Å². The van der Waals surface area contributed by atoms with Crippen LogP contribution in [0.2, 0.25) is 0 Å². The molecule has 1 aromatic rings. The maximum Gasteiger partial charge on any atom is 0.573 e. The quantitative estimate of drug-likeness (QED) is 0.841. The van der Waals surface area contributed by atoms with E-state index in [1.807, 2.05) is 0 Å². The molecule has 0 spiro atoms. The summed E-state index contributed by atoms with van der Waals surface area (Å²) < 4.78 is 52.8. The standard InChI is InChI=1S/C12H13F4NO/c13-10-5-4-8(7-17-9-2-1-3-9)6-11(10)18-12(14,15)16/h4-6,9,17H,1-3,7H2. The molecule has 6 heteroatoms. The van der Waals surface area contributed by atoms with Crippen LogP contribution in [0.5, 0.6) is 5.75 Å². The minimum Gasteiger partial charge on any atom is -0.403 e. The summed E-state index contributed by atoms with van der Waals surface area (Å²) in [6, 6.07) is 3.93. The van der Waals surface area contributed by atoms with E-state index in [-0.39, 0.29) is 0 Å². The highest BCUT2D eigenvalue weighted by Crippen LogP contribution is 2.26. The van der Waals surface area contributed by atoms with Gasteiger partial charge in [0.2, 0.25) is 0 Å². The maximum atomic E-state index is 13.1. The molecule has 0 atom stereocenters. The molecule has 0 heterocycles. The van der Waals surface area contributed by atoms with Gasteiger partial charge in [-0.25, -0.2) is 4.39 Å². The van der Waals surface area contributed by atoms with Crippen LogP contribution in [0.3, 0.4) is 0 Å². The van der Waals surface area contributed by atoms with Gasteiger partial charge in [-0.2, -0.15) is 0 Å². The number of ether oxygens (including phenoxy) is 1. The predicted octanol–water partition coefficient (Wildman–Crippen LogP) is 3.37. The van der Waals surface area contributed by atoms with E-state index in [4.69, 9.17) is 0 Å². The van der Waals surface area contributed by atoms with Gasteiger partial charge in [0.1, 0.15) is 0 Å². The molecular formula is C12H13F4NO. The molecule has 1 aromatic carbocycles. The topological polar surface area (TPSA) is 21.3 Å². The van der Waals surface area contributed by atoms with Crippen LogP contribution in [0.1, 0.15) is 24.8 Å². The molecule has 1 N–H and O–H groups in total. The van der Waals surface area contributed by atoms with Crippen LogP contribution in [-0.2, 0) is 6.54 Å². The molecule has 1 fully saturated rings. The molecule has 0 unspecified atom stereocenters. The first-order chi connectivity index (χ1) is 8.44. The molecule has 100 valence electrons. The third-order valence-electron chi connectivity index (χ3n) is 2.92. The van der Waals surface area contributed by atoms with Gasteiger partial charge >= 0.3 is 6.36 Å². The van der Waals surface area contributed by atoms with Crippen LogP contribution in [0, 0.1) is 5.82 Å². The fourth-order valence-corrected chi connectivity index (χ4v) is 1.74. The second-order valence-corrected chi connectivity index (χ2v) is 4.32. The van der Waals surface area contributed by atoms with Gasteiger partial charge in [0.25, 0.3) is 0 Å². The van der Waals surface area contributed by atoms with Crippen LogP contribution < -0.4 is 10.1 Å². The van der Waals surface area contributed by atoms with Crippen molar-refractivity contribution in [3.8, 4) is 5.75 Å². The predicted molar refractivity (Wildman–Crippen MR) is 57.6 cm³/mol. The smallest absolute Gasteiger partial charge is 0.403 e. The van der Waals surface area contributed by atoms with E-state index in [9.17, 15) is 17.6 Å². The van der Waals surface area contributed by atoms with Gasteiger partial charge in [-0.05, 0) is 30.5 Å². The van der Waals surface area contributed by atoms with Gasteiger partial charge in [-0.1, -0.05) is 12.5 Å². The van der Waals surface area contributed by atoms with Crippen LogP contribution in [0.15, 0.2) is 18.2 Å². The van der Waals surface area contributed by atoms with Crippen LogP contribution >= 0.6 is 0 Å². The van der Waals surface area contributed by atoms with E-state index >= 15 is 0 Å². The number of nitrogens with one attached hydrogen (secondary N) is 1. The molecular weight excluding hydrogens is 250 g/mol. The minimum absolute atomic E-state index is 0.416. The molecule has 0 saturated heterocycles. The van der Waals surface area contributed by atoms with Gasteiger partial charge in [0.05, 0.1) is 0 Å². The normalized spacial score (nSPS) is 16.4. The Hall–Kier alpha value is -1.30. The van der Waals surface area contributed by atoms with Gasteiger partial charge in [-0.15, -0.1) is 13.2 Å². The summed E-state index contributed by atoms with van der Waals surface area (Å²) in [5.41, 5.74) is 0.572. The van der Waals surface area contributed by atoms with Crippen molar-refractivity contribution in [1.29, 1.82) is 0 Å². The van der Waals surface area contributed by atoms with Crippen molar-refractivity contribution in [3.63, 3.8) is 0 Å². The van der Waals surface area contributed by atoms with E-state index in [1.165, 1.54) is 12.5 Å². The summed E-state index contributed by atoms with van der Waals surface area (Å²) in [5.74, 6) is -1.80. The van der Waals surface area contributed by atoms with Crippen molar-refractivity contribution in [2.75, 3.05) is 0 Å². The molecule has 2 nitrogen and oxygen atoms in total. The summed E-state index contributed by atoms with van der Waals surface area (Å²) in [6.07, 6.45) is -1.55. The highest BCUT2D eigenvalue weighted by molar-refractivity contribution is 5.30. The minimum atomic E-state index is -4.87. The van der Waals surface area contributed by atoms with Gasteiger partial charge in [0.15, 0.2) is 11.6 Å². The summed E-state index contributed by atoms with van der Waals surface area (Å²) >= 11 is 0. The largest absolute Gasteiger partial charge is 0.573 e. The molecule has 0 bridgehead atoms. The number of rotatable bonds is 4. The Kier molecular flexibility index (Phi) is 3.75. The number of hydrogen-bond donors (Lipinski definition) is 1. The molecule has 0 aromatic heterocycles. The highest BCUT2D eigenvalue weighted by Gasteiger charge is 2.32. The summed E-state index contributed by atoms with van der Waals surface area (Å²) in [5, 5.41) is 3.19. The van der Waals surface area contributed by atoms with Crippen molar-refractivity contribution in [3.05, 3.63) is 29.6 Å². The lowest BCUT2D eigenvalue weighted by atomic mass is 9.93. The first-order valence-electron chi connectivity index (χ1n) is 5.71. The Morgan fingerprint density at radius 3 is 2.56 bits per heavy atom. The number of halogens is 4.